The van der Waals surface area contributed by atoms with Crippen LogP contribution < -0.4 is 11.5 Å². The molecule has 1 aliphatic heterocycles. The predicted molar refractivity (Wildman–Crippen MR) is 56.8 cm³/mol. The zero-order valence-corrected chi connectivity index (χ0v) is 9.11. The van der Waals surface area contributed by atoms with Crippen molar-refractivity contribution in [2.24, 2.45) is 11.5 Å². The number of carbonyl (C=O) groups excluding carboxylic acids is 2. The molecule has 86 valence electrons. The van der Waals surface area contributed by atoms with E-state index in [1.54, 1.807) is 4.90 Å². The van der Waals surface area contributed by atoms with Crippen LogP contribution in [-0.2, 0) is 9.59 Å². The Morgan fingerprint density at radius 3 is 2.67 bits per heavy atom. The molecule has 0 bridgehead atoms. The van der Waals surface area contributed by atoms with Gasteiger partial charge in [0.1, 0.15) is 6.04 Å². The van der Waals surface area contributed by atoms with E-state index in [0.717, 1.165) is 12.8 Å². The lowest BCUT2D eigenvalue weighted by atomic mass is 10.00. The molecule has 0 aromatic carbocycles. The van der Waals surface area contributed by atoms with Gasteiger partial charge in [-0.05, 0) is 25.7 Å². The Labute approximate surface area is 89.8 Å². The first kappa shape index (κ1) is 12.0. The van der Waals surface area contributed by atoms with Crippen LogP contribution in [0.4, 0.5) is 0 Å². The highest BCUT2D eigenvalue weighted by Gasteiger charge is 2.32. The second kappa shape index (κ2) is 5.11. The maximum Gasteiger partial charge on any atom is 0.240 e. The van der Waals surface area contributed by atoms with Crippen LogP contribution in [0.3, 0.4) is 0 Å². The summed E-state index contributed by atoms with van der Waals surface area (Å²) in [6, 6.07) is -0.964. The number of hydrogen-bond acceptors (Lipinski definition) is 3. The second-order valence-electron chi connectivity index (χ2n) is 3.96. The van der Waals surface area contributed by atoms with Crippen LogP contribution in [0, 0.1) is 0 Å². The average Bonchev–Trinajstić information content (AvgIpc) is 2.27. The molecule has 0 aromatic rings. The number of rotatable bonds is 3. The monoisotopic (exact) mass is 213 g/mol. The highest BCUT2D eigenvalue weighted by Crippen LogP contribution is 2.17. The van der Waals surface area contributed by atoms with Crippen LogP contribution >= 0.6 is 0 Å². The molecular weight excluding hydrogens is 194 g/mol. The Hall–Kier alpha value is -1.10. The van der Waals surface area contributed by atoms with Gasteiger partial charge >= 0.3 is 0 Å². The Morgan fingerprint density at radius 1 is 1.47 bits per heavy atom. The fourth-order valence-corrected chi connectivity index (χ4v) is 1.88. The van der Waals surface area contributed by atoms with Crippen LogP contribution in [0.25, 0.3) is 0 Å². The normalized spacial score (nSPS) is 23.6. The second-order valence-corrected chi connectivity index (χ2v) is 3.96. The van der Waals surface area contributed by atoms with Crippen LogP contribution in [0.5, 0.6) is 0 Å². The van der Waals surface area contributed by atoms with Crippen LogP contribution in [0.15, 0.2) is 0 Å². The third-order valence-corrected chi connectivity index (χ3v) is 2.87. The molecule has 1 saturated heterocycles. The van der Waals surface area contributed by atoms with E-state index in [2.05, 4.69) is 0 Å². The van der Waals surface area contributed by atoms with Gasteiger partial charge < -0.3 is 16.4 Å². The number of amides is 2. The van der Waals surface area contributed by atoms with E-state index in [1.165, 1.54) is 0 Å². The van der Waals surface area contributed by atoms with Gasteiger partial charge in [-0.25, -0.2) is 0 Å². The van der Waals surface area contributed by atoms with Crippen molar-refractivity contribution < 1.29 is 9.59 Å². The molecule has 0 spiro atoms. The van der Waals surface area contributed by atoms with Crippen molar-refractivity contribution >= 4 is 11.8 Å². The maximum absolute atomic E-state index is 11.8. The SMILES string of the molecule is CC[C@@H](N)C(=O)N1CCCCC1C(N)=O. The van der Waals surface area contributed by atoms with Gasteiger partial charge in [0.05, 0.1) is 6.04 Å². The number of likely N-dealkylation sites (tertiary alicyclic amines) is 1. The summed E-state index contributed by atoms with van der Waals surface area (Å²) in [5.74, 6) is -0.577. The predicted octanol–water partition coefficient (Wildman–Crippen LogP) is -0.410. The summed E-state index contributed by atoms with van der Waals surface area (Å²) in [5, 5.41) is 0. The van der Waals surface area contributed by atoms with Crippen molar-refractivity contribution in [1.82, 2.24) is 4.90 Å². The van der Waals surface area contributed by atoms with E-state index in [4.69, 9.17) is 11.5 Å². The van der Waals surface area contributed by atoms with Crippen molar-refractivity contribution in [3.05, 3.63) is 0 Å². The molecule has 15 heavy (non-hydrogen) atoms. The summed E-state index contributed by atoms with van der Waals surface area (Å²) in [5.41, 5.74) is 10.9. The lowest BCUT2D eigenvalue weighted by Gasteiger charge is -2.35. The molecule has 0 radical (unpaired) electrons. The molecule has 2 amide bonds. The molecule has 1 unspecified atom stereocenters. The molecule has 5 nitrogen and oxygen atoms in total. The van der Waals surface area contributed by atoms with E-state index >= 15 is 0 Å². The Kier molecular flexibility index (Phi) is 4.08. The number of carbonyl (C=O) groups is 2. The molecule has 0 saturated carbocycles. The molecule has 0 aliphatic carbocycles. The topological polar surface area (TPSA) is 89.4 Å². The van der Waals surface area contributed by atoms with Crippen LogP contribution in [-0.4, -0.2) is 35.3 Å². The van der Waals surface area contributed by atoms with Crippen molar-refractivity contribution in [3.8, 4) is 0 Å². The summed E-state index contributed by atoms with van der Waals surface area (Å²) < 4.78 is 0. The zero-order valence-electron chi connectivity index (χ0n) is 9.11. The number of primary amides is 1. The zero-order chi connectivity index (χ0) is 11.4. The van der Waals surface area contributed by atoms with E-state index in [-0.39, 0.29) is 5.91 Å². The van der Waals surface area contributed by atoms with Crippen LogP contribution in [0.1, 0.15) is 32.6 Å². The summed E-state index contributed by atoms with van der Waals surface area (Å²) in [6.07, 6.45) is 3.11. The standard InChI is InChI=1S/C10H19N3O2/c1-2-7(11)10(15)13-6-4-3-5-8(13)9(12)14/h7-8H,2-6,11H2,1H3,(H2,12,14)/t7-,8?/m1/s1. The Bertz CT molecular complexity index is 255. The third-order valence-electron chi connectivity index (χ3n) is 2.87. The van der Waals surface area contributed by atoms with Gasteiger partial charge in [0.25, 0.3) is 0 Å². The van der Waals surface area contributed by atoms with Gasteiger partial charge in [-0.3, -0.25) is 9.59 Å². The molecule has 0 aromatic heterocycles. The fourth-order valence-electron chi connectivity index (χ4n) is 1.88. The Balaban J connectivity index is 2.71. The average molecular weight is 213 g/mol. The lowest BCUT2D eigenvalue weighted by Crippen LogP contribution is -2.54. The van der Waals surface area contributed by atoms with Gasteiger partial charge in [-0.2, -0.15) is 0 Å². The van der Waals surface area contributed by atoms with E-state index in [9.17, 15) is 9.59 Å². The number of nitrogens with zero attached hydrogens (tertiary/aromatic N) is 1. The maximum atomic E-state index is 11.8. The largest absolute Gasteiger partial charge is 0.368 e. The number of nitrogens with two attached hydrogens (primary N) is 2. The fraction of sp³-hybridized carbons (Fsp3) is 0.800. The van der Waals surface area contributed by atoms with Crippen molar-refractivity contribution in [1.29, 1.82) is 0 Å². The van der Waals surface area contributed by atoms with Gasteiger partial charge in [0.15, 0.2) is 0 Å². The molecule has 1 aliphatic rings. The van der Waals surface area contributed by atoms with Crippen molar-refractivity contribution in [2.75, 3.05) is 6.54 Å². The van der Waals surface area contributed by atoms with Gasteiger partial charge in [-0.1, -0.05) is 6.92 Å². The van der Waals surface area contributed by atoms with E-state index in [1.807, 2.05) is 6.92 Å². The molecular formula is C10H19N3O2. The van der Waals surface area contributed by atoms with Gasteiger partial charge in [0.2, 0.25) is 11.8 Å². The van der Waals surface area contributed by atoms with E-state index in [0.29, 0.717) is 19.4 Å². The Morgan fingerprint density at radius 2 is 2.13 bits per heavy atom. The van der Waals surface area contributed by atoms with Gasteiger partial charge in [0, 0.05) is 6.54 Å². The quantitative estimate of drug-likeness (QED) is 0.668. The molecule has 2 atom stereocenters. The molecule has 5 heteroatoms. The van der Waals surface area contributed by atoms with Crippen molar-refractivity contribution in [3.63, 3.8) is 0 Å². The third kappa shape index (κ3) is 2.68. The molecule has 1 fully saturated rings. The minimum Gasteiger partial charge on any atom is -0.368 e. The minimum atomic E-state index is -0.509. The smallest absolute Gasteiger partial charge is 0.240 e. The van der Waals surface area contributed by atoms with Crippen molar-refractivity contribution in [2.45, 2.75) is 44.7 Å². The summed E-state index contributed by atoms with van der Waals surface area (Å²) in [7, 11) is 0. The molecule has 1 heterocycles. The van der Waals surface area contributed by atoms with Crippen LogP contribution in [0.2, 0.25) is 0 Å². The number of piperidine rings is 1. The molecule has 1 rings (SSSR count). The highest BCUT2D eigenvalue weighted by molar-refractivity contribution is 5.89. The number of hydrogen-bond donors (Lipinski definition) is 2. The first-order valence-corrected chi connectivity index (χ1v) is 5.43. The summed E-state index contributed by atoms with van der Waals surface area (Å²) in [4.78, 5) is 24.5. The molecule has 4 N–H and O–H groups in total. The minimum absolute atomic E-state index is 0.152. The van der Waals surface area contributed by atoms with Gasteiger partial charge in [-0.15, -0.1) is 0 Å². The highest BCUT2D eigenvalue weighted by atomic mass is 16.2. The first-order chi connectivity index (χ1) is 7.07. The lowest BCUT2D eigenvalue weighted by molar-refractivity contribution is -0.142. The summed E-state index contributed by atoms with van der Waals surface area (Å²) >= 11 is 0. The first-order valence-electron chi connectivity index (χ1n) is 5.43. The summed E-state index contributed by atoms with van der Waals surface area (Å²) in [6.45, 7) is 2.45. The van der Waals surface area contributed by atoms with E-state index < -0.39 is 18.0 Å².